The number of benzene rings is 1. The number of hydrogen-bond acceptors (Lipinski definition) is 2. The summed E-state index contributed by atoms with van der Waals surface area (Å²) in [5, 5.41) is 1.79. The first-order valence-corrected chi connectivity index (χ1v) is 5.89. The third-order valence-electron chi connectivity index (χ3n) is 1.92. The summed E-state index contributed by atoms with van der Waals surface area (Å²) in [6, 6.07) is 7.81. The molecule has 0 aliphatic heterocycles. The highest BCUT2D eigenvalue weighted by molar-refractivity contribution is 9.10. The lowest BCUT2D eigenvalue weighted by Crippen LogP contribution is -2.01. The number of halogens is 2. The summed E-state index contributed by atoms with van der Waals surface area (Å²) < 4.78 is 14.1. The highest BCUT2D eigenvalue weighted by atomic mass is 79.9. The third-order valence-corrected chi connectivity index (χ3v) is 3.28. The van der Waals surface area contributed by atoms with Crippen molar-refractivity contribution in [3.63, 3.8) is 0 Å². The van der Waals surface area contributed by atoms with Crippen molar-refractivity contribution in [3.8, 4) is 0 Å². The van der Waals surface area contributed by atoms with E-state index in [9.17, 15) is 9.18 Å². The largest absolute Gasteiger partial charge is 0.288 e. The smallest absolute Gasteiger partial charge is 0.205 e. The van der Waals surface area contributed by atoms with Gasteiger partial charge in [-0.05, 0) is 29.6 Å². The molecule has 1 aromatic heterocycles. The molecule has 2 rings (SSSR count). The second-order valence-corrected chi connectivity index (χ2v) is 4.79. The van der Waals surface area contributed by atoms with Crippen LogP contribution in [0.4, 0.5) is 4.39 Å². The molecule has 1 aromatic carbocycles. The van der Waals surface area contributed by atoms with E-state index in [-0.39, 0.29) is 11.3 Å². The molecule has 0 N–H and O–H groups in total. The monoisotopic (exact) mass is 284 g/mol. The highest BCUT2D eigenvalue weighted by Crippen LogP contribution is 2.20. The molecule has 0 radical (unpaired) electrons. The molecule has 0 fully saturated rings. The summed E-state index contributed by atoms with van der Waals surface area (Å²) in [4.78, 5) is 12.4. The SMILES string of the molecule is O=C(c1cccs1)c1cc(Br)ccc1F. The van der Waals surface area contributed by atoms with Gasteiger partial charge in [0.25, 0.3) is 0 Å². The van der Waals surface area contributed by atoms with Crippen molar-refractivity contribution in [2.24, 2.45) is 0 Å². The van der Waals surface area contributed by atoms with Crippen LogP contribution in [0, 0.1) is 5.82 Å². The maximum atomic E-state index is 13.4. The first-order chi connectivity index (χ1) is 7.18. The van der Waals surface area contributed by atoms with Gasteiger partial charge in [0.2, 0.25) is 5.78 Å². The third kappa shape index (κ3) is 2.16. The molecule has 76 valence electrons. The Labute approximate surface area is 98.7 Å². The van der Waals surface area contributed by atoms with Crippen molar-refractivity contribution in [3.05, 3.63) is 56.4 Å². The van der Waals surface area contributed by atoms with E-state index in [1.165, 1.54) is 23.5 Å². The highest BCUT2D eigenvalue weighted by Gasteiger charge is 2.14. The van der Waals surface area contributed by atoms with E-state index in [0.717, 1.165) is 0 Å². The van der Waals surface area contributed by atoms with Gasteiger partial charge < -0.3 is 0 Å². The van der Waals surface area contributed by atoms with Gasteiger partial charge in [0.1, 0.15) is 5.82 Å². The van der Waals surface area contributed by atoms with Gasteiger partial charge in [-0.3, -0.25) is 4.79 Å². The van der Waals surface area contributed by atoms with Crippen molar-refractivity contribution in [2.45, 2.75) is 0 Å². The fourth-order valence-corrected chi connectivity index (χ4v) is 2.25. The van der Waals surface area contributed by atoms with E-state index in [0.29, 0.717) is 9.35 Å². The molecular formula is C11H6BrFOS. The van der Waals surface area contributed by atoms with Crippen molar-refractivity contribution in [2.75, 3.05) is 0 Å². The Balaban J connectivity index is 2.46. The van der Waals surface area contributed by atoms with Gasteiger partial charge in [-0.25, -0.2) is 4.39 Å². The molecule has 1 nitrogen and oxygen atoms in total. The second-order valence-electron chi connectivity index (χ2n) is 2.93. The van der Waals surface area contributed by atoms with E-state index in [1.54, 1.807) is 23.6 Å². The first-order valence-electron chi connectivity index (χ1n) is 4.22. The van der Waals surface area contributed by atoms with Gasteiger partial charge >= 0.3 is 0 Å². The van der Waals surface area contributed by atoms with E-state index in [2.05, 4.69) is 15.9 Å². The predicted octanol–water partition coefficient (Wildman–Crippen LogP) is 3.88. The molecule has 0 bridgehead atoms. The van der Waals surface area contributed by atoms with Crippen LogP contribution in [0.1, 0.15) is 15.2 Å². The Morgan fingerprint density at radius 2 is 2.13 bits per heavy atom. The average molecular weight is 285 g/mol. The summed E-state index contributed by atoms with van der Waals surface area (Å²) in [6.45, 7) is 0. The second kappa shape index (κ2) is 4.24. The Morgan fingerprint density at radius 3 is 2.80 bits per heavy atom. The quantitative estimate of drug-likeness (QED) is 0.765. The minimum absolute atomic E-state index is 0.104. The van der Waals surface area contributed by atoms with Crippen molar-refractivity contribution in [1.82, 2.24) is 0 Å². The Morgan fingerprint density at radius 1 is 1.33 bits per heavy atom. The van der Waals surface area contributed by atoms with Crippen LogP contribution in [0.15, 0.2) is 40.2 Å². The number of carbonyl (C=O) groups excluding carboxylic acids is 1. The van der Waals surface area contributed by atoms with Crippen LogP contribution in [0.3, 0.4) is 0 Å². The Bertz CT molecular complexity index is 493. The molecule has 0 aliphatic rings. The zero-order valence-electron chi connectivity index (χ0n) is 7.54. The fourth-order valence-electron chi connectivity index (χ4n) is 1.21. The summed E-state index contributed by atoms with van der Waals surface area (Å²) >= 11 is 4.52. The minimum atomic E-state index is -0.489. The minimum Gasteiger partial charge on any atom is -0.288 e. The molecule has 1 heterocycles. The Kier molecular flexibility index (Phi) is 2.98. The maximum absolute atomic E-state index is 13.4. The standard InChI is InChI=1S/C11H6BrFOS/c12-7-3-4-9(13)8(6-7)11(14)10-2-1-5-15-10/h1-6H. The van der Waals surface area contributed by atoms with Crippen LogP contribution in [-0.4, -0.2) is 5.78 Å². The van der Waals surface area contributed by atoms with Crippen LogP contribution in [0.2, 0.25) is 0 Å². The average Bonchev–Trinajstić information content (AvgIpc) is 2.74. The molecule has 0 spiro atoms. The lowest BCUT2D eigenvalue weighted by atomic mass is 10.1. The summed E-state index contributed by atoms with van der Waals surface area (Å²) in [5.41, 5.74) is 0.104. The van der Waals surface area contributed by atoms with Crippen LogP contribution >= 0.6 is 27.3 Å². The van der Waals surface area contributed by atoms with Crippen LogP contribution < -0.4 is 0 Å². The number of carbonyl (C=O) groups is 1. The summed E-state index contributed by atoms with van der Waals surface area (Å²) in [6.07, 6.45) is 0. The molecule has 4 heteroatoms. The zero-order chi connectivity index (χ0) is 10.8. The van der Waals surface area contributed by atoms with Crippen molar-refractivity contribution >= 4 is 33.0 Å². The number of ketones is 1. The van der Waals surface area contributed by atoms with Crippen molar-refractivity contribution in [1.29, 1.82) is 0 Å². The lowest BCUT2D eigenvalue weighted by Gasteiger charge is -2.00. The predicted molar refractivity (Wildman–Crippen MR) is 61.9 cm³/mol. The normalized spacial score (nSPS) is 10.3. The van der Waals surface area contributed by atoms with Gasteiger partial charge in [-0.15, -0.1) is 11.3 Å². The molecule has 0 unspecified atom stereocenters. The molecule has 0 amide bonds. The van der Waals surface area contributed by atoms with Crippen LogP contribution in [0.5, 0.6) is 0 Å². The topological polar surface area (TPSA) is 17.1 Å². The maximum Gasteiger partial charge on any atom is 0.205 e. The van der Waals surface area contributed by atoms with E-state index >= 15 is 0 Å². The molecule has 2 aromatic rings. The van der Waals surface area contributed by atoms with Crippen LogP contribution in [-0.2, 0) is 0 Å². The molecule has 15 heavy (non-hydrogen) atoms. The number of hydrogen-bond donors (Lipinski definition) is 0. The van der Waals surface area contributed by atoms with Crippen molar-refractivity contribution < 1.29 is 9.18 Å². The molecule has 0 saturated heterocycles. The van der Waals surface area contributed by atoms with Gasteiger partial charge in [-0.1, -0.05) is 22.0 Å². The summed E-state index contributed by atoms with van der Waals surface area (Å²) in [5.74, 6) is -0.764. The number of rotatable bonds is 2. The molecular weight excluding hydrogens is 279 g/mol. The van der Waals surface area contributed by atoms with Crippen LogP contribution in [0.25, 0.3) is 0 Å². The van der Waals surface area contributed by atoms with E-state index in [4.69, 9.17) is 0 Å². The van der Waals surface area contributed by atoms with E-state index < -0.39 is 5.82 Å². The van der Waals surface area contributed by atoms with Gasteiger partial charge in [-0.2, -0.15) is 0 Å². The molecule has 0 aliphatic carbocycles. The van der Waals surface area contributed by atoms with Gasteiger partial charge in [0.05, 0.1) is 10.4 Å². The molecule has 0 saturated carbocycles. The zero-order valence-corrected chi connectivity index (χ0v) is 9.94. The fraction of sp³-hybridized carbons (Fsp3) is 0. The Hall–Kier alpha value is -1.00. The summed E-state index contributed by atoms with van der Waals surface area (Å²) in [7, 11) is 0. The first kappa shape index (κ1) is 10.5. The van der Waals surface area contributed by atoms with E-state index in [1.807, 2.05) is 0 Å². The van der Waals surface area contributed by atoms with Gasteiger partial charge in [0, 0.05) is 4.47 Å². The van der Waals surface area contributed by atoms with Gasteiger partial charge in [0.15, 0.2) is 0 Å². The number of thiophene rings is 1. The lowest BCUT2D eigenvalue weighted by molar-refractivity contribution is 0.103. The molecule has 0 atom stereocenters.